The van der Waals surface area contributed by atoms with Crippen LogP contribution >= 0.6 is 0 Å². The van der Waals surface area contributed by atoms with Gasteiger partial charge in [0.05, 0.1) is 19.2 Å². The molecule has 0 heterocycles. The van der Waals surface area contributed by atoms with Gasteiger partial charge < -0.3 is 15.0 Å². The Kier molecular flexibility index (Phi) is 7.08. The maximum Gasteiger partial charge on any atom is 0.337 e. The summed E-state index contributed by atoms with van der Waals surface area (Å²) in [5.74, 6) is -0.818. The van der Waals surface area contributed by atoms with Crippen LogP contribution in [0.4, 0.5) is 5.69 Å². The molecule has 22 heavy (non-hydrogen) atoms. The molecule has 1 aromatic carbocycles. The molecule has 0 spiro atoms. The molecule has 1 rings (SSSR count). The fraction of sp³-hybridized carbons (Fsp3) is 0.438. The summed E-state index contributed by atoms with van der Waals surface area (Å²) in [6.07, 6.45) is 1.82. The van der Waals surface area contributed by atoms with Gasteiger partial charge in [-0.25, -0.2) is 4.79 Å². The summed E-state index contributed by atoms with van der Waals surface area (Å²) < 4.78 is 4.60. The third-order valence-corrected chi connectivity index (χ3v) is 3.15. The van der Waals surface area contributed by atoms with Crippen molar-refractivity contribution < 1.29 is 19.1 Å². The predicted octanol–water partition coefficient (Wildman–Crippen LogP) is 2.06. The Morgan fingerprint density at radius 2 is 1.82 bits per heavy atom. The number of hydrogen-bond donors (Lipinski definition) is 1. The monoisotopic (exact) mass is 306 g/mol. The minimum absolute atomic E-state index is 0.0219. The molecular weight excluding hydrogens is 284 g/mol. The first kappa shape index (κ1) is 17.7. The first-order valence-electron chi connectivity index (χ1n) is 7.21. The quantitative estimate of drug-likeness (QED) is 0.782. The van der Waals surface area contributed by atoms with Gasteiger partial charge in [-0.05, 0) is 30.7 Å². The summed E-state index contributed by atoms with van der Waals surface area (Å²) >= 11 is 0. The van der Waals surface area contributed by atoms with Crippen molar-refractivity contribution in [2.45, 2.75) is 26.7 Å². The lowest BCUT2D eigenvalue weighted by Crippen LogP contribution is -2.37. The van der Waals surface area contributed by atoms with Crippen molar-refractivity contribution in [3.05, 3.63) is 29.8 Å². The van der Waals surface area contributed by atoms with Crippen molar-refractivity contribution in [2.75, 3.05) is 25.5 Å². The molecular formula is C16H22N2O4. The van der Waals surface area contributed by atoms with E-state index in [2.05, 4.69) is 10.1 Å². The van der Waals surface area contributed by atoms with Crippen LogP contribution in [0.15, 0.2) is 24.3 Å². The fourth-order valence-corrected chi connectivity index (χ4v) is 1.88. The van der Waals surface area contributed by atoms with Crippen LogP contribution in [0, 0.1) is 0 Å². The van der Waals surface area contributed by atoms with E-state index in [1.807, 2.05) is 6.92 Å². The standard InChI is InChI=1S/C16H22N2O4/c1-4-5-10-18(12(2)19)11-15(20)17-14-8-6-13(7-9-14)16(21)22-3/h6-9H,4-5,10-11H2,1-3H3,(H,17,20). The van der Waals surface area contributed by atoms with E-state index < -0.39 is 5.97 Å². The topological polar surface area (TPSA) is 75.7 Å². The van der Waals surface area contributed by atoms with Crippen LogP contribution in [0.5, 0.6) is 0 Å². The molecule has 0 aliphatic heterocycles. The average molecular weight is 306 g/mol. The van der Waals surface area contributed by atoms with Gasteiger partial charge in [0.15, 0.2) is 0 Å². The number of unbranched alkanes of at least 4 members (excludes halogenated alkanes) is 1. The molecule has 0 aliphatic rings. The zero-order chi connectivity index (χ0) is 16.5. The number of hydrogen-bond acceptors (Lipinski definition) is 4. The SMILES string of the molecule is CCCCN(CC(=O)Nc1ccc(C(=O)OC)cc1)C(C)=O. The van der Waals surface area contributed by atoms with Gasteiger partial charge in [0.1, 0.15) is 0 Å². The summed E-state index contributed by atoms with van der Waals surface area (Å²) in [4.78, 5) is 36.3. The number of amides is 2. The molecule has 0 aromatic heterocycles. The van der Waals surface area contributed by atoms with Gasteiger partial charge in [0, 0.05) is 19.2 Å². The minimum Gasteiger partial charge on any atom is -0.465 e. The molecule has 0 bridgehead atoms. The molecule has 0 radical (unpaired) electrons. The highest BCUT2D eigenvalue weighted by molar-refractivity contribution is 5.95. The lowest BCUT2D eigenvalue weighted by molar-refractivity contribution is -0.132. The maximum atomic E-state index is 12.0. The highest BCUT2D eigenvalue weighted by Crippen LogP contribution is 2.10. The van der Waals surface area contributed by atoms with Crippen molar-refractivity contribution >= 4 is 23.5 Å². The summed E-state index contributed by atoms with van der Waals surface area (Å²) in [5, 5.41) is 2.70. The Balaban J connectivity index is 2.60. The van der Waals surface area contributed by atoms with Gasteiger partial charge in [-0.2, -0.15) is 0 Å². The molecule has 6 nitrogen and oxygen atoms in total. The molecule has 0 aliphatic carbocycles. The van der Waals surface area contributed by atoms with E-state index in [0.29, 0.717) is 17.8 Å². The zero-order valence-electron chi connectivity index (χ0n) is 13.2. The molecule has 0 saturated heterocycles. The minimum atomic E-state index is -0.430. The van der Waals surface area contributed by atoms with E-state index in [0.717, 1.165) is 12.8 Å². The normalized spacial score (nSPS) is 9.95. The molecule has 2 amide bonds. The second-order valence-electron chi connectivity index (χ2n) is 4.91. The summed E-state index contributed by atoms with van der Waals surface area (Å²) in [6.45, 7) is 4.07. The number of nitrogens with one attached hydrogen (secondary N) is 1. The van der Waals surface area contributed by atoms with Gasteiger partial charge in [-0.1, -0.05) is 13.3 Å². The van der Waals surface area contributed by atoms with Gasteiger partial charge >= 0.3 is 5.97 Å². The van der Waals surface area contributed by atoms with Gasteiger partial charge in [0.2, 0.25) is 11.8 Å². The van der Waals surface area contributed by atoms with Crippen molar-refractivity contribution in [1.29, 1.82) is 0 Å². The van der Waals surface area contributed by atoms with Crippen LogP contribution in [-0.2, 0) is 14.3 Å². The summed E-state index contributed by atoms with van der Waals surface area (Å²) in [6, 6.07) is 6.38. The van der Waals surface area contributed by atoms with Crippen molar-refractivity contribution in [3.8, 4) is 0 Å². The van der Waals surface area contributed by atoms with E-state index in [-0.39, 0.29) is 18.4 Å². The van der Waals surface area contributed by atoms with Crippen LogP contribution in [0.25, 0.3) is 0 Å². The summed E-state index contributed by atoms with van der Waals surface area (Å²) in [7, 11) is 1.31. The zero-order valence-corrected chi connectivity index (χ0v) is 13.2. The molecule has 0 saturated carbocycles. The number of ether oxygens (including phenoxy) is 1. The molecule has 0 unspecified atom stereocenters. The fourth-order valence-electron chi connectivity index (χ4n) is 1.88. The Morgan fingerprint density at radius 3 is 2.32 bits per heavy atom. The van der Waals surface area contributed by atoms with E-state index in [9.17, 15) is 14.4 Å². The number of methoxy groups -OCH3 is 1. The van der Waals surface area contributed by atoms with Crippen molar-refractivity contribution in [2.24, 2.45) is 0 Å². The van der Waals surface area contributed by atoms with Crippen molar-refractivity contribution in [1.82, 2.24) is 4.90 Å². The molecule has 6 heteroatoms. The highest BCUT2D eigenvalue weighted by Gasteiger charge is 2.13. The molecule has 1 N–H and O–H groups in total. The third-order valence-electron chi connectivity index (χ3n) is 3.15. The molecule has 0 atom stereocenters. The number of rotatable bonds is 7. The highest BCUT2D eigenvalue weighted by atomic mass is 16.5. The number of carbonyl (C=O) groups excluding carboxylic acids is 3. The Morgan fingerprint density at radius 1 is 1.18 bits per heavy atom. The van der Waals surface area contributed by atoms with E-state index in [1.165, 1.54) is 18.9 Å². The van der Waals surface area contributed by atoms with Crippen molar-refractivity contribution in [3.63, 3.8) is 0 Å². The third kappa shape index (κ3) is 5.55. The van der Waals surface area contributed by atoms with E-state index in [4.69, 9.17) is 0 Å². The van der Waals surface area contributed by atoms with Crippen LogP contribution in [0.2, 0.25) is 0 Å². The summed E-state index contributed by atoms with van der Waals surface area (Å²) in [5.41, 5.74) is 0.977. The average Bonchev–Trinajstić information content (AvgIpc) is 2.51. The number of anilines is 1. The Bertz CT molecular complexity index is 525. The molecule has 1 aromatic rings. The smallest absolute Gasteiger partial charge is 0.337 e. The lowest BCUT2D eigenvalue weighted by Gasteiger charge is -2.20. The Labute approximate surface area is 130 Å². The lowest BCUT2D eigenvalue weighted by atomic mass is 10.2. The number of esters is 1. The largest absolute Gasteiger partial charge is 0.465 e. The number of benzene rings is 1. The van der Waals surface area contributed by atoms with Gasteiger partial charge in [-0.15, -0.1) is 0 Å². The Hall–Kier alpha value is -2.37. The number of carbonyl (C=O) groups is 3. The first-order valence-corrected chi connectivity index (χ1v) is 7.21. The van der Waals surface area contributed by atoms with Crippen LogP contribution < -0.4 is 5.32 Å². The second kappa shape index (κ2) is 8.81. The first-order chi connectivity index (χ1) is 10.5. The second-order valence-corrected chi connectivity index (χ2v) is 4.91. The predicted molar refractivity (Wildman–Crippen MR) is 83.6 cm³/mol. The van der Waals surface area contributed by atoms with Gasteiger partial charge in [-0.3, -0.25) is 9.59 Å². The van der Waals surface area contributed by atoms with Crippen LogP contribution in [0.3, 0.4) is 0 Å². The van der Waals surface area contributed by atoms with E-state index in [1.54, 1.807) is 24.3 Å². The van der Waals surface area contributed by atoms with E-state index >= 15 is 0 Å². The van der Waals surface area contributed by atoms with Gasteiger partial charge in [0.25, 0.3) is 0 Å². The molecule has 120 valence electrons. The number of nitrogens with zero attached hydrogens (tertiary/aromatic N) is 1. The maximum absolute atomic E-state index is 12.0. The van der Waals surface area contributed by atoms with Crippen LogP contribution in [-0.4, -0.2) is 42.9 Å². The molecule has 0 fully saturated rings. The van der Waals surface area contributed by atoms with Crippen LogP contribution in [0.1, 0.15) is 37.0 Å².